The van der Waals surface area contributed by atoms with Crippen LogP contribution in [-0.2, 0) is 10.5 Å². The number of rotatable bonds is 11. The van der Waals surface area contributed by atoms with Gasteiger partial charge in [0.1, 0.15) is 11.5 Å². The van der Waals surface area contributed by atoms with Crippen LogP contribution in [0, 0.1) is 0 Å². The lowest BCUT2D eigenvalue weighted by atomic mass is 10.1. The Morgan fingerprint density at radius 3 is 2.36 bits per heavy atom. The van der Waals surface area contributed by atoms with Crippen molar-refractivity contribution >= 4 is 47.1 Å². The normalized spacial score (nSPS) is 10.7. The van der Waals surface area contributed by atoms with Crippen molar-refractivity contribution in [3.8, 4) is 11.5 Å². The van der Waals surface area contributed by atoms with E-state index in [1.807, 2.05) is 48.5 Å². The third-order valence-corrected chi connectivity index (χ3v) is 6.78. The second-order valence-electron chi connectivity index (χ2n) is 8.24. The largest absolute Gasteiger partial charge is 0.495 e. The van der Waals surface area contributed by atoms with E-state index in [1.165, 1.54) is 6.21 Å². The number of hydrazone groups is 1. The number of halogens is 1. The number of thioether (sulfide) groups is 1. The number of methoxy groups -OCH3 is 1. The molecule has 4 aromatic carbocycles. The van der Waals surface area contributed by atoms with E-state index >= 15 is 0 Å². The number of nitrogens with one attached hydrogen (secondary N) is 2. The van der Waals surface area contributed by atoms with Gasteiger partial charge >= 0.3 is 0 Å². The maximum absolute atomic E-state index is 12.4. The Labute approximate surface area is 236 Å². The summed E-state index contributed by atoms with van der Waals surface area (Å²) in [5, 5.41) is 7.51. The van der Waals surface area contributed by atoms with Gasteiger partial charge in [0.2, 0.25) is 0 Å². The number of hydrogen-bond acceptors (Lipinski definition) is 6. The highest BCUT2D eigenvalue weighted by Gasteiger charge is 2.08. The van der Waals surface area contributed by atoms with Gasteiger partial charge < -0.3 is 14.8 Å². The van der Waals surface area contributed by atoms with Crippen molar-refractivity contribution in [2.45, 2.75) is 10.6 Å². The summed E-state index contributed by atoms with van der Waals surface area (Å²) in [6.45, 7) is -0.153. The van der Waals surface area contributed by atoms with Gasteiger partial charge in [-0.05, 0) is 83.9 Å². The molecule has 7 nitrogen and oxygen atoms in total. The van der Waals surface area contributed by atoms with Gasteiger partial charge in [-0.1, -0.05) is 35.9 Å². The zero-order valence-electron chi connectivity index (χ0n) is 21.1. The van der Waals surface area contributed by atoms with Crippen LogP contribution in [-0.4, -0.2) is 31.7 Å². The molecule has 0 fully saturated rings. The fourth-order valence-corrected chi connectivity index (χ4v) is 4.39. The van der Waals surface area contributed by atoms with Crippen LogP contribution in [0.4, 0.5) is 5.69 Å². The molecule has 0 spiro atoms. The van der Waals surface area contributed by atoms with E-state index in [4.69, 9.17) is 21.1 Å². The molecule has 0 heterocycles. The molecule has 39 heavy (non-hydrogen) atoms. The molecule has 198 valence electrons. The van der Waals surface area contributed by atoms with Crippen LogP contribution in [0.5, 0.6) is 11.5 Å². The number of amides is 2. The Balaban J connectivity index is 1.20. The zero-order chi connectivity index (χ0) is 27.5. The van der Waals surface area contributed by atoms with Crippen LogP contribution in [0.15, 0.2) is 107 Å². The average Bonchev–Trinajstić information content (AvgIpc) is 2.97. The van der Waals surface area contributed by atoms with E-state index < -0.39 is 0 Å². The molecule has 0 bridgehead atoms. The first-order valence-electron chi connectivity index (χ1n) is 12.0. The van der Waals surface area contributed by atoms with Crippen molar-refractivity contribution in [2.24, 2.45) is 5.10 Å². The van der Waals surface area contributed by atoms with E-state index in [2.05, 4.69) is 15.8 Å². The van der Waals surface area contributed by atoms with Gasteiger partial charge in [-0.2, -0.15) is 5.10 Å². The summed E-state index contributed by atoms with van der Waals surface area (Å²) in [4.78, 5) is 25.8. The molecule has 0 aliphatic carbocycles. The third kappa shape index (κ3) is 8.63. The Hall–Kier alpha value is -4.27. The van der Waals surface area contributed by atoms with E-state index in [0.717, 1.165) is 21.8 Å². The summed E-state index contributed by atoms with van der Waals surface area (Å²) < 4.78 is 10.8. The summed E-state index contributed by atoms with van der Waals surface area (Å²) in [6, 6.07) is 29.2. The first kappa shape index (κ1) is 27.8. The second-order valence-corrected chi connectivity index (χ2v) is 9.73. The van der Waals surface area contributed by atoms with Crippen LogP contribution < -0.4 is 20.2 Å². The minimum absolute atomic E-state index is 0.153. The van der Waals surface area contributed by atoms with Gasteiger partial charge in [-0.25, -0.2) is 5.43 Å². The van der Waals surface area contributed by atoms with Crippen molar-refractivity contribution in [3.63, 3.8) is 0 Å². The second kappa shape index (κ2) is 14.0. The topological polar surface area (TPSA) is 89.0 Å². The molecular formula is C30H26ClN3O4S. The molecule has 9 heteroatoms. The molecule has 0 saturated heterocycles. The molecule has 2 N–H and O–H groups in total. The lowest BCUT2D eigenvalue weighted by molar-refractivity contribution is -0.118. The quantitative estimate of drug-likeness (QED) is 0.126. The van der Waals surface area contributed by atoms with Gasteiger partial charge in [0.15, 0.2) is 6.61 Å². The lowest BCUT2D eigenvalue weighted by Crippen LogP contribution is -2.20. The van der Waals surface area contributed by atoms with E-state index in [9.17, 15) is 9.59 Å². The van der Waals surface area contributed by atoms with Gasteiger partial charge in [0, 0.05) is 21.2 Å². The summed E-state index contributed by atoms with van der Waals surface area (Å²) in [6.07, 6.45) is 1.53. The zero-order valence-corrected chi connectivity index (χ0v) is 22.7. The predicted octanol–water partition coefficient (Wildman–Crippen LogP) is 6.42. The van der Waals surface area contributed by atoms with Crippen molar-refractivity contribution in [3.05, 3.63) is 119 Å². The molecule has 0 aromatic heterocycles. The standard InChI is InChI=1S/C30H26ClN3O4S/c1-37-28-5-3-2-4-27(28)33-29(35)19-38-25-14-8-21(9-15-25)18-32-34-30(36)23-10-6-22(7-11-23)20-39-26-16-12-24(31)13-17-26/h2-18H,19-20H2,1H3,(H,33,35)(H,34,36)/b32-18-. The number of para-hydroxylation sites is 2. The van der Waals surface area contributed by atoms with E-state index in [-0.39, 0.29) is 18.4 Å². The highest BCUT2D eigenvalue weighted by Crippen LogP contribution is 2.25. The number of benzene rings is 4. The van der Waals surface area contributed by atoms with Crippen LogP contribution in [0.3, 0.4) is 0 Å². The Kier molecular flexibility index (Phi) is 9.99. The van der Waals surface area contributed by atoms with Crippen LogP contribution in [0.1, 0.15) is 21.5 Å². The van der Waals surface area contributed by atoms with Gasteiger partial charge in [0.05, 0.1) is 19.0 Å². The fourth-order valence-electron chi connectivity index (χ4n) is 3.41. The highest BCUT2D eigenvalue weighted by atomic mass is 35.5. The molecule has 0 saturated carbocycles. The minimum atomic E-state index is -0.304. The summed E-state index contributed by atoms with van der Waals surface area (Å²) >= 11 is 7.62. The molecular weight excluding hydrogens is 534 g/mol. The number of carbonyl (C=O) groups excluding carboxylic acids is 2. The number of ether oxygens (including phenoxy) is 2. The van der Waals surface area contributed by atoms with Crippen molar-refractivity contribution < 1.29 is 19.1 Å². The summed E-state index contributed by atoms with van der Waals surface area (Å²) in [5.74, 6) is 1.28. The van der Waals surface area contributed by atoms with Crippen molar-refractivity contribution in [2.75, 3.05) is 19.0 Å². The number of anilines is 1. The molecule has 4 rings (SSSR count). The molecule has 0 unspecified atom stereocenters. The monoisotopic (exact) mass is 559 g/mol. The molecule has 0 aliphatic heterocycles. The first-order valence-corrected chi connectivity index (χ1v) is 13.3. The Morgan fingerprint density at radius 1 is 0.923 bits per heavy atom. The number of nitrogens with zero attached hydrogens (tertiary/aromatic N) is 1. The number of carbonyl (C=O) groups is 2. The van der Waals surface area contributed by atoms with Crippen molar-refractivity contribution in [1.82, 2.24) is 5.43 Å². The Bertz CT molecular complexity index is 1430. The molecule has 0 aliphatic rings. The smallest absolute Gasteiger partial charge is 0.271 e. The molecule has 0 atom stereocenters. The first-order chi connectivity index (χ1) is 19.0. The highest BCUT2D eigenvalue weighted by molar-refractivity contribution is 7.98. The summed E-state index contributed by atoms with van der Waals surface area (Å²) in [7, 11) is 1.54. The van der Waals surface area contributed by atoms with Crippen molar-refractivity contribution in [1.29, 1.82) is 0 Å². The average molecular weight is 560 g/mol. The van der Waals surface area contributed by atoms with Gasteiger partial charge in [0.25, 0.3) is 11.8 Å². The SMILES string of the molecule is COc1ccccc1NC(=O)COc1ccc(/C=N\NC(=O)c2ccc(CSc3ccc(Cl)cc3)cc2)cc1. The van der Waals surface area contributed by atoms with E-state index in [0.29, 0.717) is 27.8 Å². The van der Waals surface area contributed by atoms with Crippen LogP contribution >= 0.6 is 23.4 Å². The maximum atomic E-state index is 12.4. The number of hydrogen-bond donors (Lipinski definition) is 2. The summed E-state index contributed by atoms with van der Waals surface area (Å²) in [5.41, 5.74) is 5.49. The van der Waals surface area contributed by atoms with Gasteiger partial charge in [-0.3, -0.25) is 9.59 Å². The lowest BCUT2D eigenvalue weighted by Gasteiger charge is -2.10. The van der Waals surface area contributed by atoms with Crippen LogP contribution in [0.25, 0.3) is 0 Å². The van der Waals surface area contributed by atoms with E-state index in [1.54, 1.807) is 67.4 Å². The van der Waals surface area contributed by atoms with Crippen LogP contribution in [0.2, 0.25) is 5.02 Å². The molecule has 2 amide bonds. The fraction of sp³-hybridized carbons (Fsp3) is 0.100. The predicted molar refractivity (Wildman–Crippen MR) is 156 cm³/mol. The molecule has 4 aromatic rings. The van der Waals surface area contributed by atoms with Gasteiger partial charge in [-0.15, -0.1) is 11.8 Å². The minimum Gasteiger partial charge on any atom is -0.495 e. The third-order valence-electron chi connectivity index (χ3n) is 5.45. The molecule has 0 radical (unpaired) electrons. The Morgan fingerprint density at radius 2 is 1.64 bits per heavy atom. The maximum Gasteiger partial charge on any atom is 0.271 e.